The molecule has 1 N–H and O–H groups in total. The highest BCUT2D eigenvalue weighted by Crippen LogP contribution is 2.14. The Morgan fingerprint density at radius 3 is 2.93 bits per heavy atom. The van der Waals surface area contributed by atoms with Crippen molar-refractivity contribution in [1.82, 2.24) is 10.2 Å². The molecule has 3 nitrogen and oxygen atoms in total. The van der Waals surface area contributed by atoms with Crippen molar-refractivity contribution >= 4 is 0 Å². The van der Waals surface area contributed by atoms with Crippen molar-refractivity contribution in [1.29, 1.82) is 0 Å². The fourth-order valence-electron chi connectivity index (χ4n) is 2.11. The van der Waals surface area contributed by atoms with Gasteiger partial charge in [-0.2, -0.15) is 0 Å². The normalized spacial score (nSPS) is 25.7. The third-order valence-electron chi connectivity index (χ3n) is 2.92. The van der Waals surface area contributed by atoms with E-state index in [4.69, 9.17) is 11.2 Å². The largest absolute Gasteiger partial charge is 0.379 e. The van der Waals surface area contributed by atoms with Gasteiger partial charge in [-0.1, -0.05) is 12.8 Å². The summed E-state index contributed by atoms with van der Waals surface area (Å²) in [5, 5.41) is 3.30. The number of nitrogens with zero attached hydrogens (tertiary/aromatic N) is 1. The number of nitrogens with one attached hydrogen (secondary N) is 1. The van der Waals surface area contributed by atoms with Crippen LogP contribution >= 0.6 is 0 Å². The molecule has 1 aliphatic heterocycles. The minimum atomic E-state index is 0.488. The Hall–Kier alpha value is -0.560. The van der Waals surface area contributed by atoms with Crippen LogP contribution in [0.15, 0.2) is 0 Å². The second-order valence-electron chi connectivity index (χ2n) is 4.13. The molecule has 0 aromatic rings. The van der Waals surface area contributed by atoms with Crippen molar-refractivity contribution in [3.05, 3.63) is 0 Å². The molecule has 86 valence electrons. The van der Waals surface area contributed by atoms with Gasteiger partial charge in [0.25, 0.3) is 0 Å². The van der Waals surface area contributed by atoms with Crippen LogP contribution in [0, 0.1) is 18.3 Å². The first-order valence-corrected chi connectivity index (χ1v) is 5.72. The van der Waals surface area contributed by atoms with E-state index < -0.39 is 0 Å². The topological polar surface area (TPSA) is 24.5 Å². The molecule has 2 atom stereocenters. The Morgan fingerprint density at radius 1 is 1.53 bits per heavy atom. The summed E-state index contributed by atoms with van der Waals surface area (Å²) in [5.74, 6) is 3.30. The molecule has 0 amide bonds. The van der Waals surface area contributed by atoms with E-state index in [-0.39, 0.29) is 0 Å². The van der Waals surface area contributed by atoms with Crippen LogP contribution in [-0.4, -0.2) is 50.8 Å². The lowest BCUT2D eigenvalue weighted by Crippen LogP contribution is -2.40. The van der Waals surface area contributed by atoms with Crippen molar-refractivity contribution in [3.63, 3.8) is 0 Å². The molecule has 0 radical (unpaired) electrons. The average Bonchev–Trinajstić information content (AvgIpc) is 2.66. The fourth-order valence-corrected chi connectivity index (χ4v) is 2.11. The Morgan fingerprint density at radius 2 is 2.33 bits per heavy atom. The van der Waals surface area contributed by atoms with Crippen molar-refractivity contribution < 1.29 is 4.74 Å². The summed E-state index contributed by atoms with van der Waals surface area (Å²) in [5.41, 5.74) is 0. The third-order valence-corrected chi connectivity index (χ3v) is 2.92. The van der Waals surface area contributed by atoms with E-state index in [2.05, 4.69) is 23.1 Å². The summed E-state index contributed by atoms with van der Waals surface area (Å²) in [4.78, 5) is 2.34. The van der Waals surface area contributed by atoms with Gasteiger partial charge in [-0.05, 0) is 20.0 Å². The summed E-state index contributed by atoms with van der Waals surface area (Å²) in [6.45, 7) is 6.75. The zero-order chi connectivity index (χ0) is 11.1. The van der Waals surface area contributed by atoms with Gasteiger partial charge in [-0.3, -0.25) is 4.90 Å². The SMILES string of the molecule is C#CCN(CCC)CC1COCC1NC. The Labute approximate surface area is 93.2 Å². The number of hydrogen-bond donors (Lipinski definition) is 1. The van der Waals surface area contributed by atoms with Crippen LogP contribution in [0.25, 0.3) is 0 Å². The monoisotopic (exact) mass is 210 g/mol. The number of likely N-dealkylation sites (N-methyl/N-ethyl adjacent to an activating group) is 1. The maximum Gasteiger partial charge on any atom is 0.0623 e. The van der Waals surface area contributed by atoms with Gasteiger partial charge >= 0.3 is 0 Å². The molecule has 0 aromatic carbocycles. The fraction of sp³-hybridized carbons (Fsp3) is 0.833. The Kier molecular flexibility index (Phi) is 5.70. The van der Waals surface area contributed by atoms with Gasteiger partial charge in [0.1, 0.15) is 0 Å². The number of ether oxygens (including phenoxy) is 1. The van der Waals surface area contributed by atoms with E-state index in [1.807, 2.05) is 7.05 Å². The zero-order valence-corrected chi connectivity index (χ0v) is 9.83. The first-order valence-electron chi connectivity index (χ1n) is 5.72. The van der Waals surface area contributed by atoms with Crippen molar-refractivity contribution in [2.45, 2.75) is 19.4 Å². The molecule has 1 heterocycles. The lowest BCUT2D eigenvalue weighted by atomic mass is 10.0. The van der Waals surface area contributed by atoms with Crippen LogP contribution < -0.4 is 5.32 Å². The van der Waals surface area contributed by atoms with Crippen LogP contribution in [0.1, 0.15) is 13.3 Å². The van der Waals surface area contributed by atoms with Gasteiger partial charge < -0.3 is 10.1 Å². The van der Waals surface area contributed by atoms with E-state index in [9.17, 15) is 0 Å². The second-order valence-corrected chi connectivity index (χ2v) is 4.13. The first kappa shape index (κ1) is 12.5. The molecule has 0 aliphatic carbocycles. The highest BCUT2D eigenvalue weighted by atomic mass is 16.5. The molecule has 1 rings (SSSR count). The van der Waals surface area contributed by atoms with Crippen molar-refractivity contribution in [2.75, 3.05) is 39.9 Å². The minimum Gasteiger partial charge on any atom is -0.379 e. The standard InChI is InChI=1S/C12H22N2O/c1-4-6-14(7-5-2)8-11-9-15-10-12(11)13-3/h1,11-13H,5-10H2,2-3H3. The van der Waals surface area contributed by atoms with Gasteiger partial charge in [0.05, 0.1) is 19.8 Å². The molecular formula is C12H22N2O. The summed E-state index contributed by atoms with van der Waals surface area (Å²) in [7, 11) is 2.00. The molecule has 1 saturated heterocycles. The van der Waals surface area contributed by atoms with Crippen molar-refractivity contribution in [2.24, 2.45) is 5.92 Å². The van der Waals surface area contributed by atoms with Crippen molar-refractivity contribution in [3.8, 4) is 12.3 Å². The molecule has 3 heteroatoms. The average molecular weight is 210 g/mol. The van der Waals surface area contributed by atoms with E-state index in [1.54, 1.807) is 0 Å². The molecule has 0 saturated carbocycles. The Balaban J connectivity index is 2.39. The molecule has 1 fully saturated rings. The smallest absolute Gasteiger partial charge is 0.0623 e. The van der Waals surface area contributed by atoms with Crippen LogP contribution in [0.3, 0.4) is 0 Å². The van der Waals surface area contributed by atoms with Crippen LogP contribution in [0.4, 0.5) is 0 Å². The first-order chi connectivity index (χ1) is 7.31. The highest BCUT2D eigenvalue weighted by Gasteiger charge is 2.28. The van der Waals surface area contributed by atoms with E-state index in [0.717, 1.165) is 39.3 Å². The summed E-state index contributed by atoms with van der Waals surface area (Å²) in [6, 6.07) is 0.488. The highest BCUT2D eigenvalue weighted by molar-refractivity contribution is 4.90. The molecule has 15 heavy (non-hydrogen) atoms. The summed E-state index contributed by atoms with van der Waals surface area (Å²) < 4.78 is 5.48. The quantitative estimate of drug-likeness (QED) is 0.649. The van der Waals surface area contributed by atoms with Crippen LogP contribution in [0.5, 0.6) is 0 Å². The van der Waals surface area contributed by atoms with Crippen LogP contribution in [0.2, 0.25) is 0 Å². The zero-order valence-electron chi connectivity index (χ0n) is 9.83. The number of terminal acetylenes is 1. The molecule has 0 bridgehead atoms. The van der Waals surface area contributed by atoms with Gasteiger partial charge in [0, 0.05) is 18.5 Å². The lowest BCUT2D eigenvalue weighted by molar-refractivity contribution is 0.171. The van der Waals surface area contributed by atoms with Gasteiger partial charge in [-0.15, -0.1) is 6.42 Å². The molecule has 1 aliphatic rings. The summed E-state index contributed by atoms with van der Waals surface area (Å²) >= 11 is 0. The molecule has 2 unspecified atom stereocenters. The minimum absolute atomic E-state index is 0.488. The lowest BCUT2D eigenvalue weighted by Gasteiger charge is -2.25. The van der Waals surface area contributed by atoms with Gasteiger partial charge in [0.15, 0.2) is 0 Å². The van der Waals surface area contributed by atoms with E-state index in [0.29, 0.717) is 12.0 Å². The maximum atomic E-state index is 5.48. The van der Waals surface area contributed by atoms with E-state index >= 15 is 0 Å². The van der Waals surface area contributed by atoms with Crippen LogP contribution in [-0.2, 0) is 4.74 Å². The summed E-state index contributed by atoms with van der Waals surface area (Å²) in [6.07, 6.45) is 6.51. The predicted octanol–water partition coefficient (Wildman–Crippen LogP) is 0.566. The molecule has 0 spiro atoms. The van der Waals surface area contributed by atoms with Gasteiger partial charge in [-0.25, -0.2) is 0 Å². The number of rotatable bonds is 6. The molecular weight excluding hydrogens is 188 g/mol. The number of hydrogen-bond acceptors (Lipinski definition) is 3. The third kappa shape index (κ3) is 3.83. The van der Waals surface area contributed by atoms with E-state index in [1.165, 1.54) is 0 Å². The molecule has 0 aromatic heterocycles. The maximum absolute atomic E-state index is 5.48. The Bertz CT molecular complexity index is 212. The predicted molar refractivity (Wildman–Crippen MR) is 62.7 cm³/mol. The second kappa shape index (κ2) is 6.84. The van der Waals surface area contributed by atoms with Gasteiger partial charge in [0.2, 0.25) is 0 Å².